The van der Waals surface area contributed by atoms with Crippen molar-refractivity contribution in [3.8, 4) is 0 Å². The van der Waals surface area contributed by atoms with Gasteiger partial charge in [-0.2, -0.15) is 0 Å². The molecule has 4 rings (SSSR count). The fraction of sp³-hybridized carbons (Fsp3) is 0.0385. The molecule has 0 aromatic heterocycles. The average Bonchev–Trinajstić information content (AvgIpc) is 2.80. The Morgan fingerprint density at radius 3 is 1.18 bits per heavy atom. The number of esters is 1. The topological polar surface area (TPSA) is 26.3 Å². The van der Waals surface area contributed by atoms with Crippen molar-refractivity contribution in [2.24, 2.45) is 0 Å². The number of rotatable bonds is 5. The van der Waals surface area contributed by atoms with E-state index in [1.807, 2.05) is 109 Å². The Bertz CT molecular complexity index is 930. The molecule has 0 saturated heterocycles. The van der Waals surface area contributed by atoms with Crippen molar-refractivity contribution < 1.29 is 9.53 Å². The van der Waals surface area contributed by atoms with Crippen molar-refractivity contribution >= 4 is 5.97 Å². The number of benzene rings is 4. The molecule has 0 amide bonds. The smallest absolute Gasteiger partial charge is 0.339 e. The Balaban J connectivity index is 1.95. The van der Waals surface area contributed by atoms with Crippen LogP contribution >= 0.6 is 0 Å². The summed E-state index contributed by atoms with van der Waals surface area (Å²) in [6, 6.07) is 38.8. The molecule has 0 atom stereocenters. The molecule has 2 heteroatoms. The van der Waals surface area contributed by atoms with Crippen molar-refractivity contribution in [3.63, 3.8) is 0 Å². The first kappa shape index (κ1) is 17.7. The van der Waals surface area contributed by atoms with Crippen LogP contribution in [0.25, 0.3) is 0 Å². The number of hydrogen-bond acceptors (Lipinski definition) is 2. The molecule has 0 radical (unpaired) electrons. The van der Waals surface area contributed by atoms with Crippen molar-refractivity contribution in [2.75, 3.05) is 0 Å². The normalized spacial score (nSPS) is 11.0. The van der Waals surface area contributed by atoms with E-state index in [4.69, 9.17) is 4.74 Å². The van der Waals surface area contributed by atoms with Crippen LogP contribution in [-0.4, -0.2) is 5.97 Å². The van der Waals surface area contributed by atoms with Crippen LogP contribution in [0.5, 0.6) is 0 Å². The Hall–Kier alpha value is -3.65. The van der Waals surface area contributed by atoms with Gasteiger partial charge in [0.2, 0.25) is 0 Å². The van der Waals surface area contributed by atoms with Crippen LogP contribution in [0, 0.1) is 0 Å². The van der Waals surface area contributed by atoms with Gasteiger partial charge in [-0.15, -0.1) is 0 Å². The molecule has 0 aliphatic heterocycles. The maximum absolute atomic E-state index is 13.2. The van der Waals surface area contributed by atoms with E-state index in [2.05, 4.69) is 0 Å². The number of carbonyl (C=O) groups excluding carboxylic acids is 1. The Kier molecular flexibility index (Phi) is 5.03. The van der Waals surface area contributed by atoms with Crippen molar-refractivity contribution in [2.45, 2.75) is 5.60 Å². The minimum absolute atomic E-state index is 0.364. The highest BCUT2D eigenvalue weighted by molar-refractivity contribution is 5.90. The van der Waals surface area contributed by atoms with Crippen LogP contribution in [0.3, 0.4) is 0 Å². The van der Waals surface area contributed by atoms with Crippen molar-refractivity contribution in [1.82, 2.24) is 0 Å². The SMILES string of the molecule is O=C(OC(c1ccccc1)(c1ccccc1)c1ccccc1)c1ccccc1. The number of hydrogen-bond donors (Lipinski definition) is 0. The molecule has 4 aromatic rings. The molecular formula is C26H20O2. The van der Waals surface area contributed by atoms with Gasteiger partial charge in [0, 0.05) is 16.7 Å². The van der Waals surface area contributed by atoms with Gasteiger partial charge in [0.05, 0.1) is 5.56 Å². The second kappa shape index (κ2) is 7.93. The summed E-state index contributed by atoms with van der Waals surface area (Å²) in [6.07, 6.45) is 0. The zero-order valence-electron chi connectivity index (χ0n) is 15.4. The van der Waals surface area contributed by atoms with E-state index in [0.29, 0.717) is 5.56 Å². The Morgan fingerprint density at radius 2 is 0.821 bits per heavy atom. The zero-order valence-corrected chi connectivity index (χ0v) is 15.4. The van der Waals surface area contributed by atoms with Gasteiger partial charge >= 0.3 is 5.97 Å². The highest BCUT2D eigenvalue weighted by atomic mass is 16.6. The van der Waals surface area contributed by atoms with E-state index in [9.17, 15) is 4.79 Å². The standard InChI is InChI=1S/C26H20O2/c27-25(21-13-5-1-6-14-21)28-26(22-15-7-2-8-16-22,23-17-9-3-10-18-23)24-19-11-4-12-20-24/h1-20H. The Morgan fingerprint density at radius 1 is 0.500 bits per heavy atom. The first-order chi connectivity index (χ1) is 13.8. The molecule has 0 spiro atoms. The second-order valence-corrected chi connectivity index (χ2v) is 6.53. The third-order valence-electron chi connectivity index (χ3n) is 4.80. The van der Waals surface area contributed by atoms with Crippen LogP contribution in [0.2, 0.25) is 0 Å². The summed E-state index contributed by atoms with van der Waals surface area (Å²) >= 11 is 0. The lowest BCUT2D eigenvalue weighted by atomic mass is 9.80. The highest BCUT2D eigenvalue weighted by Gasteiger charge is 2.40. The average molecular weight is 364 g/mol. The summed E-state index contributed by atoms with van der Waals surface area (Å²) in [6.45, 7) is 0. The molecule has 0 aliphatic rings. The molecule has 28 heavy (non-hydrogen) atoms. The summed E-state index contributed by atoms with van der Waals surface area (Å²) in [7, 11) is 0. The molecule has 0 N–H and O–H groups in total. The maximum Gasteiger partial charge on any atom is 0.339 e. The summed E-state index contributed by atoms with van der Waals surface area (Å²) in [4.78, 5) is 13.2. The van der Waals surface area contributed by atoms with Gasteiger partial charge < -0.3 is 4.74 Å². The van der Waals surface area contributed by atoms with E-state index in [-0.39, 0.29) is 5.97 Å². The van der Waals surface area contributed by atoms with E-state index >= 15 is 0 Å². The van der Waals surface area contributed by atoms with E-state index < -0.39 is 5.60 Å². The molecule has 2 nitrogen and oxygen atoms in total. The molecular weight excluding hydrogens is 344 g/mol. The molecule has 4 aromatic carbocycles. The number of carbonyl (C=O) groups is 1. The predicted octanol–water partition coefficient (Wildman–Crippen LogP) is 5.84. The van der Waals surface area contributed by atoms with Crippen molar-refractivity contribution in [3.05, 3.63) is 144 Å². The van der Waals surface area contributed by atoms with Gasteiger partial charge in [-0.05, 0) is 12.1 Å². The van der Waals surface area contributed by atoms with E-state index in [1.165, 1.54) is 0 Å². The highest BCUT2D eigenvalue weighted by Crippen LogP contribution is 2.41. The maximum atomic E-state index is 13.2. The third kappa shape index (κ3) is 3.33. The van der Waals surface area contributed by atoms with Gasteiger partial charge in [0.15, 0.2) is 5.60 Å². The van der Waals surface area contributed by atoms with Crippen LogP contribution in [0.1, 0.15) is 27.0 Å². The summed E-state index contributed by atoms with van der Waals surface area (Å²) in [5.74, 6) is -0.364. The van der Waals surface area contributed by atoms with Crippen LogP contribution < -0.4 is 0 Å². The van der Waals surface area contributed by atoms with E-state index in [0.717, 1.165) is 16.7 Å². The Labute approximate surface area is 165 Å². The van der Waals surface area contributed by atoms with Crippen molar-refractivity contribution in [1.29, 1.82) is 0 Å². The molecule has 136 valence electrons. The summed E-state index contributed by atoms with van der Waals surface area (Å²) in [5, 5.41) is 0. The van der Waals surface area contributed by atoms with E-state index in [1.54, 1.807) is 12.1 Å². The van der Waals surface area contributed by atoms with Crippen LogP contribution in [0.4, 0.5) is 0 Å². The fourth-order valence-corrected chi connectivity index (χ4v) is 3.47. The van der Waals surface area contributed by atoms with Gasteiger partial charge in [-0.25, -0.2) is 4.79 Å². The van der Waals surface area contributed by atoms with Gasteiger partial charge in [-0.1, -0.05) is 109 Å². The minimum Gasteiger partial charge on any atom is -0.441 e. The molecule has 0 aliphatic carbocycles. The zero-order chi connectivity index (χ0) is 19.2. The lowest BCUT2D eigenvalue weighted by Gasteiger charge is -2.35. The summed E-state index contributed by atoms with van der Waals surface area (Å²) < 4.78 is 6.34. The molecule has 0 fully saturated rings. The second-order valence-electron chi connectivity index (χ2n) is 6.53. The molecule has 0 saturated carbocycles. The van der Waals surface area contributed by atoms with Crippen LogP contribution in [0.15, 0.2) is 121 Å². The minimum atomic E-state index is -1.04. The van der Waals surface area contributed by atoms with Gasteiger partial charge in [0.25, 0.3) is 0 Å². The largest absolute Gasteiger partial charge is 0.441 e. The lowest BCUT2D eigenvalue weighted by molar-refractivity contribution is 0.0141. The number of ether oxygens (including phenoxy) is 1. The quantitative estimate of drug-likeness (QED) is 0.329. The molecule has 0 heterocycles. The lowest BCUT2D eigenvalue weighted by Crippen LogP contribution is -2.35. The first-order valence-corrected chi connectivity index (χ1v) is 9.26. The molecule has 0 bridgehead atoms. The van der Waals surface area contributed by atoms with Crippen LogP contribution in [-0.2, 0) is 10.3 Å². The monoisotopic (exact) mass is 364 g/mol. The first-order valence-electron chi connectivity index (χ1n) is 9.26. The fourth-order valence-electron chi connectivity index (χ4n) is 3.47. The predicted molar refractivity (Wildman–Crippen MR) is 111 cm³/mol. The summed E-state index contributed by atoms with van der Waals surface area (Å²) in [5.41, 5.74) is 2.18. The molecule has 0 unspecified atom stereocenters. The van der Waals surface area contributed by atoms with Gasteiger partial charge in [-0.3, -0.25) is 0 Å². The van der Waals surface area contributed by atoms with Gasteiger partial charge in [0.1, 0.15) is 0 Å². The third-order valence-corrected chi connectivity index (χ3v) is 4.80.